The molecule has 12 heavy (non-hydrogen) atoms. The topological polar surface area (TPSA) is 65.0 Å². The van der Waals surface area contributed by atoms with Crippen LogP contribution in [0.3, 0.4) is 0 Å². The van der Waals surface area contributed by atoms with E-state index in [1.54, 1.807) is 13.8 Å². The van der Waals surface area contributed by atoms with Crippen molar-refractivity contribution in [2.75, 3.05) is 0 Å². The Kier molecular flexibility index (Phi) is 4.61. The maximum atomic E-state index is 9.82. The largest absolute Gasteiger partial charge is 0.540 e. The summed E-state index contributed by atoms with van der Waals surface area (Å²) in [6.45, 7) is 5.55. The maximum absolute atomic E-state index is 9.82. The van der Waals surface area contributed by atoms with Gasteiger partial charge in [0.25, 0.3) is 0 Å². The maximum Gasteiger partial charge on any atom is 0.540 e. The van der Waals surface area contributed by atoms with Gasteiger partial charge >= 0.3 is 6.16 Å². The zero-order valence-electron chi connectivity index (χ0n) is 7.49. The van der Waals surface area contributed by atoms with E-state index in [0.29, 0.717) is 0 Å². The number of carbonyl (C=O) groups is 1. The predicted molar refractivity (Wildman–Crippen MR) is 40.3 cm³/mol. The van der Waals surface area contributed by atoms with Crippen LogP contribution in [0.1, 0.15) is 33.6 Å². The SMILES string of the molecule is CCCC(C)(C)OOOC(=O)O. The first-order chi connectivity index (χ1) is 5.48. The van der Waals surface area contributed by atoms with E-state index in [1.807, 2.05) is 6.92 Å². The molecule has 0 saturated heterocycles. The quantitative estimate of drug-likeness (QED) is 0.516. The first kappa shape index (κ1) is 11.2. The molecule has 0 heterocycles. The Morgan fingerprint density at radius 1 is 1.50 bits per heavy atom. The summed E-state index contributed by atoms with van der Waals surface area (Å²) < 4.78 is 0. The van der Waals surface area contributed by atoms with Crippen molar-refractivity contribution in [2.45, 2.75) is 39.2 Å². The zero-order chi connectivity index (χ0) is 9.61. The number of carboxylic acid groups (broad SMARTS) is 1. The van der Waals surface area contributed by atoms with Gasteiger partial charge in [0, 0.05) is 0 Å². The lowest BCUT2D eigenvalue weighted by Crippen LogP contribution is -2.24. The van der Waals surface area contributed by atoms with Gasteiger partial charge in [0.15, 0.2) is 0 Å². The number of hydrogen-bond donors (Lipinski definition) is 1. The van der Waals surface area contributed by atoms with Crippen LogP contribution < -0.4 is 0 Å². The van der Waals surface area contributed by atoms with Crippen molar-refractivity contribution in [1.82, 2.24) is 0 Å². The van der Waals surface area contributed by atoms with Crippen LogP contribution in [0.2, 0.25) is 0 Å². The van der Waals surface area contributed by atoms with Crippen molar-refractivity contribution in [3.8, 4) is 0 Å². The molecule has 0 aromatic carbocycles. The van der Waals surface area contributed by atoms with E-state index in [0.717, 1.165) is 12.8 Å². The van der Waals surface area contributed by atoms with Crippen molar-refractivity contribution < 1.29 is 24.7 Å². The van der Waals surface area contributed by atoms with E-state index in [9.17, 15) is 4.79 Å². The van der Waals surface area contributed by atoms with Crippen molar-refractivity contribution >= 4 is 6.16 Å². The second-order valence-corrected chi connectivity index (χ2v) is 3.01. The van der Waals surface area contributed by atoms with Crippen molar-refractivity contribution in [3.05, 3.63) is 0 Å². The fourth-order valence-electron chi connectivity index (χ4n) is 0.782. The molecule has 0 amide bonds. The fourth-order valence-corrected chi connectivity index (χ4v) is 0.782. The minimum Gasteiger partial charge on any atom is -0.448 e. The molecule has 0 rings (SSSR count). The highest BCUT2D eigenvalue weighted by Gasteiger charge is 2.19. The normalized spacial score (nSPS) is 11.2. The highest BCUT2D eigenvalue weighted by atomic mass is 17.5. The van der Waals surface area contributed by atoms with Crippen LogP contribution >= 0.6 is 0 Å². The molecular formula is C7H14O5. The van der Waals surface area contributed by atoms with Crippen molar-refractivity contribution in [2.24, 2.45) is 0 Å². The highest BCUT2D eigenvalue weighted by Crippen LogP contribution is 2.16. The first-order valence-corrected chi connectivity index (χ1v) is 3.73. The molecule has 0 aromatic rings. The van der Waals surface area contributed by atoms with Gasteiger partial charge in [-0.2, -0.15) is 4.89 Å². The Bertz CT molecular complexity index is 143. The summed E-state index contributed by atoms with van der Waals surface area (Å²) >= 11 is 0. The Morgan fingerprint density at radius 3 is 2.50 bits per heavy atom. The van der Waals surface area contributed by atoms with Gasteiger partial charge in [0.1, 0.15) is 5.60 Å². The monoisotopic (exact) mass is 178 g/mol. The summed E-state index contributed by atoms with van der Waals surface area (Å²) in [5.74, 6) is 0. The van der Waals surface area contributed by atoms with Gasteiger partial charge in [-0.3, -0.25) is 0 Å². The fraction of sp³-hybridized carbons (Fsp3) is 0.857. The second-order valence-electron chi connectivity index (χ2n) is 3.01. The highest BCUT2D eigenvalue weighted by molar-refractivity contribution is 5.55. The molecular weight excluding hydrogens is 164 g/mol. The molecule has 1 N–H and O–H groups in total. The Balaban J connectivity index is 3.53. The minimum atomic E-state index is -1.53. The summed E-state index contributed by atoms with van der Waals surface area (Å²) in [6.07, 6.45) is 0.154. The van der Waals surface area contributed by atoms with E-state index < -0.39 is 11.8 Å². The van der Waals surface area contributed by atoms with Crippen molar-refractivity contribution in [3.63, 3.8) is 0 Å². The van der Waals surface area contributed by atoms with Gasteiger partial charge in [-0.15, -0.1) is 0 Å². The molecule has 0 atom stereocenters. The second kappa shape index (κ2) is 4.95. The Labute approximate surface area is 71.1 Å². The zero-order valence-corrected chi connectivity index (χ0v) is 7.49. The smallest absolute Gasteiger partial charge is 0.448 e. The van der Waals surface area contributed by atoms with E-state index in [1.165, 1.54) is 0 Å². The van der Waals surface area contributed by atoms with Crippen LogP contribution in [-0.2, 0) is 14.8 Å². The molecule has 0 unspecified atom stereocenters. The van der Waals surface area contributed by atoms with Crippen LogP contribution in [0.4, 0.5) is 4.79 Å². The molecule has 0 fully saturated rings. The third kappa shape index (κ3) is 5.94. The third-order valence-corrected chi connectivity index (χ3v) is 1.22. The van der Waals surface area contributed by atoms with Crippen molar-refractivity contribution in [1.29, 1.82) is 0 Å². The summed E-state index contributed by atoms with van der Waals surface area (Å²) in [5, 5.41) is 12.0. The molecule has 0 saturated carbocycles. The Hall–Kier alpha value is -0.810. The van der Waals surface area contributed by atoms with E-state index >= 15 is 0 Å². The van der Waals surface area contributed by atoms with Crippen LogP contribution in [0, 0.1) is 0 Å². The standard InChI is InChI=1S/C7H14O5/c1-4-5-7(2,3)11-12-10-6(8)9/h4-5H2,1-3H3,(H,8,9). The summed E-state index contributed by atoms with van der Waals surface area (Å²) in [7, 11) is 0. The average molecular weight is 178 g/mol. The van der Waals surface area contributed by atoms with E-state index in [-0.39, 0.29) is 0 Å². The summed E-state index contributed by atoms with van der Waals surface area (Å²) in [4.78, 5) is 18.2. The van der Waals surface area contributed by atoms with Gasteiger partial charge in [-0.25, -0.2) is 9.68 Å². The Morgan fingerprint density at radius 2 is 2.08 bits per heavy atom. The predicted octanol–water partition coefficient (Wildman–Crippen LogP) is 2.12. The number of rotatable bonds is 5. The van der Waals surface area contributed by atoms with Crippen LogP contribution in [0.25, 0.3) is 0 Å². The first-order valence-electron chi connectivity index (χ1n) is 3.73. The average Bonchev–Trinajstić information content (AvgIpc) is 1.85. The number of hydrogen-bond acceptors (Lipinski definition) is 4. The summed E-state index contributed by atoms with van der Waals surface area (Å²) in [6, 6.07) is 0. The van der Waals surface area contributed by atoms with Gasteiger partial charge in [0.05, 0.1) is 0 Å². The molecule has 72 valence electrons. The molecule has 0 aromatic heterocycles. The van der Waals surface area contributed by atoms with Crippen LogP contribution in [0.15, 0.2) is 0 Å². The molecule has 0 aliphatic heterocycles. The van der Waals surface area contributed by atoms with Crippen LogP contribution in [0.5, 0.6) is 0 Å². The molecule has 0 spiro atoms. The molecule has 0 aliphatic rings. The molecule has 5 nitrogen and oxygen atoms in total. The summed E-state index contributed by atoms with van der Waals surface area (Å²) in [5.41, 5.74) is -0.524. The lowest BCUT2D eigenvalue weighted by Gasteiger charge is -2.20. The van der Waals surface area contributed by atoms with E-state index in [2.05, 4.69) is 14.8 Å². The molecule has 5 heteroatoms. The third-order valence-electron chi connectivity index (χ3n) is 1.22. The van der Waals surface area contributed by atoms with Gasteiger partial charge < -0.3 is 5.11 Å². The van der Waals surface area contributed by atoms with Crippen LogP contribution in [-0.4, -0.2) is 16.9 Å². The minimum absolute atomic E-state index is 0.524. The lowest BCUT2D eigenvalue weighted by molar-refractivity contribution is -0.516. The molecule has 0 radical (unpaired) electrons. The lowest BCUT2D eigenvalue weighted by atomic mass is 10.0. The van der Waals surface area contributed by atoms with Gasteiger partial charge in [-0.05, 0) is 25.3 Å². The molecule has 0 aliphatic carbocycles. The van der Waals surface area contributed by atoms with Gasteiger partial charge in [-0.1, -0.05) is 13.3 Å². The van der Waals surface area contributed by atoms with Gasteiger partial charge in [0.2, 0.25) is 0 Å². The molecule has 0 bridgehead atoms. The van der Waals surface area contributed by atoms with E-state index in [4.69, 9.17) is 5.11 Å².